The van der Waals surface area contributed by atoms with Crippen LogP contribution < -0.4 is 15.1 Å². The number of rotatable bonds is 8. The molecule has 0 saturated carbocycles. The van der Waals surface area contributed by atoms with Crippen LogP contribution in [-0.4, -0.2) is 62.5 Å². The Kier molecular flexibility index (Phi) is 8.05. The van der Waals surface area contributed by atoms with Crippen LogP contribution in [0.15, 0.2) is 30.0 Å². The second-order valence-corrected chi connectivity index (χ2v) is 8.78. The maximum atomic E-state index is 12.9. The van der Waals surface area contributed by atoms with Crippen LogP contribution in [0.3, 0.4) is 0 Å². The third-order valence-corrected chi connectivity index (χ3v) is 6.47. The summed E-state index contributed by atoms with van der Waals surface area (Å²) in [4.78, 5) is 30.1. The summed E-state index contributed by atoms with van der Waals surface area (Å²) in [6, 6.07) is 6.00. The Morgan fingerprint density at radius 2 is 1.77 bits per heavy atom. The third kappa shape index (κ3) is 5.92. The van der Waals surface area contributed by atoms with Crippen molar-refractivity contribution in [1.29, 1.82) is 0 Å². The number of quaternary nitrogens is 2. The molecule has 0 unspecified atom stereocenters. The van der Waals surface area contributed by atoms with Gasteiger partial charge in [-0.3, -0.25) is 9.59 Å². The molecule has 3 N–H and O–H groups in total. The Hall–Kier alpha value is -2.18. The Morgan fingerprint density at radius 1 is 1.07 bits per heavy atom. The van der Waals surface area contributed by atoms with Gasteiger partial charge in [-0.05, 0) is 56.7 Å². The number of allylic oxidation sites excluding steroid dienone is 2. The van der Waals surface area contributed by atoms with Crippen molar-refractivity contribution >= 4 is 17.5 Å². The number of anilines is 1. The molecule has 1 aliphatic heterocycles. The van der Waals surface area contributed by atoms with E-state index >= 15 is 0 Å². The molecule has 164 valence electrons. The summed E-state index contributed by atoms with van der Waals surface area (Å²) in [5.41, 5.74) is 4.45. The third-order valence-electron chi connectivity index (χ3n) is 6.47. The second-order valence-electron chi connectivity index (χ2n) is 8.78. The highest BCUT2D eigenvalue weighted by Crippen LogP contribution is 2.21. The highest BCUT2D eigenvalue weighted by molar-refractivity contribution is 5.92. The van der Waals surface area contributed by atoms with Crippen LogP contribution in [0.5, 0.6) is 0 Å². The molecule has 6 nitrogen and oxygen atoms in total. The lowest BCUT2D eigenvalue weighted by Gasteiger charge is -2.31. The van der Waals surface area contributed by atoms with Crippen LogP contribution in [0, 0.1) is 13.8 Å². The molecule has 2 aliphatic rings. The molecule has 6 heteroatoms. The van der Waals surface area contributed by atoms with Gasteiger partial charge in [-0.2, -0.15) is 0 Å². The van der Waals surface area contributed by atoms with Gasteiger partial charge in [0.05, 0.1) is 0 Å². The van der Waals surface area contributed by atoms with Gasteiger partial charge in [0, 0.05) is 17.9 Å². The molecule has 0 radical (unpaired) electrons. The van der Waals surface area contributed by atoms with E-state index < -0.39 is 0 Å². The minimum Gasteiger partial charge on any atom is -0.321 e. The lowest BCUT2D eigenvalue weighted by atomic mass is 10.1. The summed E-state index contributed by atoms with van der Waals surface area (Å²) in [6.07, 6.45) is 6.53. The Balaban J connectivity index is 1.44. The van der Waals surface area contributed by atoms with E-state index in [9.17, 15) is 9.59 Å². The van der Waals surface area contributed by atoms with Crippen molar-refractivity contribution in [3.63, 3.8) is 0 Å². The summed E-state index contributed by atoms with van der Waals surface area (Å²) in [5.74, 6) is 0.330. The highest BCUT2D eigenvalue weighted by Gasteiger charge is 2.29. The standard InChI is InChI=1S/C24H36N4O2/c1-4-12-28(21-9-5-6-10-21)24(30)18-27-15-13-26(14-16-27)17-23(29)25-22-11-7-8-19(2)20(22)3/h7-9,11H,4-6,10,12-18H2,1-3H3,(H,25,29)/p+2. The van der Waals surface area contributed by atoms with Crippen molar-refractivity contribution < 1.29 is 19.4 Å². The van der Waals surface area contributed by atoms with Gasteiger partial charge in [0.1, 0.15) is 26.2 Å². The van der Waals surface area contributed by atoms with Crippen LogP contribution in [-0.2, 0) is 9.59 Å². The average molecular weight is 415 g/mol. The summed E-state index contributed by atoms with van der Waals surface area (Å²) >= 11 is 0. The van der Waals surface area contributed by atoms with E-state index in [0.29, 0.717) is 13.1 Å². The fraction of sp³-hybridized carbons (Fsp3) is 0.583. The number of amides is 2. The van der Waals surface area contributed by atoms with E-state index in [1.165, 1.54) is 27.5 Å². The molecule has 1 heterocycles. The number of aryl methyl sites for hydroxylation is 1. The first kappa shape index (κ1) is 22.5. The van der Waals surface area contributed by atoms with Crippen molar-refractivity contribution in [3.05, 3.63) is 41.1 Å². The number of carbonyl (C=O) groups excluding carboxylic acids is 2. The average Bonchev–Trinajstić information content (AvgIpc) is 3.25. The molecule has 30 heavy (non-hydrogen) atoms. The molecule has 1 aromatic rings. The van der Waals surface area contributed by atoms with E-state index in [1.54, 1.807) is 0 Å². The van der Waals surface area contributed by atoms with Gasteiger partial charge >= 0.3 is 0 Å². The molecule has 3 rings (SSSR count). The smallest absolute Gasteiger partial charge is 0.281 e. The summed E-state index contributed by atoms with van der Waals surface area (Å²) in [5, 5.41) is 3.07. The molecule has 1 aromatic carbocycles. The van der Waals surface area contributed by atoms with Gasteiger partial charge in [-0.1, -0.05) is 25.1 Å². The molecule has 1 saturated heterocycles. The van der Waals surface area contributed by atoms with E-state index in [0.717, 1.165) is 63.2 Å². The molecular formula is C24H38N4O2+2. The number of benzene rings is 1. The summed E-state index contributed by atoms with van der Waals surface area (Å²) in [7, 11) is 0. The van der Waals surface area contributed by atoms with Crippen molar-refractivity contribution in [3.8, 4) is 0 Å². The van der Waals surface area contributed by atoms with Crippen molar-refractivity contribution in [2.45, 2.75) is 46.5 Å². The summed E-state index contributed by atoms with van der Waals surface area (Å²) < 4.78 is 0. The Bertz CT molecular complexity index is 781. The second kappa shape index (κ2) is 10.7. The number of hydrogen-bond donors (Lipinski definition) is 3. The molecule has 0 bridgehead atoms. The molecular weight excluding hydrogens is 376 g/mol. The van der Waals surface area contributed by atoms with Crippen LogP contribution in [0.2, 0.25) is 0 Å². The van der Waals surface area contributed by atoms with Gasteiger partial charge in [0.2, 0.25) is 0 Å². The fourth-order valence-electron chi connectivity index (χ4n) is 4.48. The van der Waals surface area contributed by atoms with Gasteiger partial charge in [0.25, 0.3) is 11.8 Å². The molecule has 0 spiro atoms. The van der Waals surface area contributed by atoms with Gasteiger partial charge in [0.15, 0.2) is 13.1 Å². The first-order valence-electron chi connectivity index (χ1n) is 11.5. The maximum Gasteiger partial charge on any atom is 0.281 e. The predicted molar refractivity (Wildman–Crippen MR) is 120 cm³/mol. The SMILES string of the molecule is CCCN(C(=O)C[NH+]1CC[NH+](CC(=O)Nc2cccc(C)c2C)CC1)C1=CCCC1. The van der Waals surface area contributed by atoms with Crippen LogP contribution in [0.1, 0.15) is 43.7 Å². The fourth-order valence-corrected chi connectivity index (χ4v) is 4.48. The first-order chi connectivity index (χ1) is 14.5. The van der Waals surface area contributed by atoms with Crippen molar-refractivity contribution in [2.24, 2.45) is 0 Å². The summed E-state index contributed by atoms with van der Waals surface area (Å²) in [6.45, 7) is 11.9. The molecule has 0 atom stereocenters. The first-order valence-corrected chi connectivity index (χ1v) is 11.5. The number of piperazine rings is 1. The van der Waals surface area contributed by atoms with Gasteiger partial charge in [-0.25, -0.2) is 0 Å². The zero-order valence-corrected chi connectivity index (χ0v) is 18.9. The van der Waals surface area contributed by atoms with Crippen LogP contribution in [0.25, 0.3) is 0 Å². The zero-order valence-electron chi connectivity index (χ0n) is 18.9. The lowest BCUT2D eigenvalue weighted by Crippen LogP contribution is -3.28. The van der Waals surface area contributed by atoms with Crippen LogP contribution >= 0.6 is 0 Å². The number of nitrogens with zero attached hydrogens (tertiary/aromatic N) is 1. The molecule has 2 amide bonds. The normalized spacial score (nSPS) is 21.2. The quantitative estimate of drug-likeness (QED) is 0.574. The number of hydrogen-bond acceptors (Lipinski definition) is 2. The Labute approximate surface area is 180 Å². The lowest BCUT2D eigenvalue weighted by molar-refractivity contribution is -1.00. The number of nitrogens with one attached hydrogen (secondary N) is 3. The monoisotopic (exact) mass is 414 g/mol. The minimum absolute atomic E-state index is 0.0699. The van der Waals surface area contributed by atoms with E-state index in [4.69, 9.17) is 0 Å². The van der Waals surface area contributed by atoms with Gasteiger partial charge in [-0.15, -0.1) is 0 Å². The molecule has 1 aliphatic carbocycles. The van der Waals surface area contributed by atoms with Crippen LogP contribution in [0.4, 0.5) is 5.69 Å². The minimum atomic E-state index is 0.0699. The van der Waals surface area contributed by atoms with Crippen molar-refractivity contribution in [2.75, 3.05) is 51.1 Å². The molecule has 0 aromatic heterocycles. The molecule has 1 fully saturated rings. The maximum absolute atomic E-state index is 12.9. The topological polar surface area (TPSA) is 58.3 Å². The van der Waals surface area contributed by atoms with Gasteiger partial charge < -0.3 is 20.0 Å². The highest BCUT2D eigenvalue weighted by atomic mass is 16.2. The zero-order chi connectivity index (χ0) is 21.5. The largest absolute Gasteiger partial charge is 0.321 e. The van der Waals surface area contributed by atoms with E-state index in [2.05, 4.69) is 31.3 Å². The predicted octanol–water partition coefficient (Wildman–Crippen LogP) is 0.332. The number of carbonyl (C=O) groups is 2. The van der Waals surface area contributed by atoms with E-state index in [-0.39, 0.29) is 11.8 Å². The van der Waals surface area contributed by atoms with Crippen molar-refractivity contribution in [1.82, 2.24) is 4.90 Å². The van der Waals surface area contributed by atoms with E-state index in [1.807, 2.05) is 24.0 Å². The Morgan fingerprint density at radius 3 is 2.40 bits per heavy atom.